The highest BCUT2D eigenvalue weighted by molar-refractivity contribution is 6.42. The number of urea groups is 1. The zero-order valence-corrected chi connectivity index (χ0v) is 12.2. The first kappa shape index (κ1) is 14.8. The van der Waals surface area contributed by atoms with Crippen molar-refractivity contribution in [3.8, 4) is 5.75 Å². The fourth-order valence-electron chi connectivity index (χ4n) is 1.46. The van der Waals surface area contributed by atoms with Gasteiger partial charge in [0.1, 0.15) is 5.75 Å². The zero-order chi connectivity index (χ0) is 14.7. The van der Waals surface area contributed by atoms with Gasteiger partial charge in [0.25, 0.3) is 0 Å². The first-order valence-corrected chi connectivity index (χ1v) is 6.60. The number of aromatic hydroxyl groups is 1. The van der Waals surface area contributed by atoms with Crippen molar-refractivity contribution in [2.45, 2.75) is 0 Å². The average molecular weight is 332 g/mol. The van der Waals surface area contributed by atoms with Gasteiger partial charge in [-0.1, -0.05) is 34.8 Å². The molecule has 0 radical (unpaired) electrons. The van der Waals surface area contributed by atoms with E-state index in [-0.39, 0.29) is 10.8 Å². The SMILES string of the molecule is O=C(Nc1ccc(Cl)c(Cl)c1)Nc1ccc(O)cc1Cl. The van der Waals surface area contributed by atoms with Crippen LogP contribution < -0.4 is 10.6 Å². The molecule has 2 amide bonds. The first-order chi connectivity index (χ1) is 9.45. The van der Waals surface area contributed by atoms with Gasteiger partial charge in [-0.2, -0.15) is 0 Å². The Morgan fingerprint density at radius 1 is 0.900 bits per heavy atom. The fraction of sp³-hybridized carbons (Fsp3) is 0. The summed E-state index contributed by atoms with van der Waals surface area (Å²) in [5, 5.41) is 15.3. The van der Waals surface area contributed by atoms with Crippen LogP contribution in [0.5, 0.6) is 5.75 Å². The molecular formula is C13H9Cl3N2O2. The lowest BCUT2D eigenvalue weighted by Crippen LogP contribution is -2.19. The van der Waals surface area contributed by atoms with Gasteiger partial charge < -0.3 is 15.7 Å². The minimum Gasteiger partial charge on any atom is -0.508 e. The van der Waals surface area contributed by atoms with Crippen molar-refractivity contribution in [1.29, 1.82) is 0 Å². The van der Waals surface area contributed by atoms with E-state index in [1.165, 1.54) is 24.3 Å². The molecule has 0 spiro atoms. The summed E-state index contributed by atoms with van der Waals surface area (Å²) in [7, 11) is 0. The summed E-state index contributed by atoms with van der Waals surface area (Å²) in [6, 6.07) is 8.47. The van der Waals surface area contributed by atoms with Crippen molar-refractivity contribution >= 4 is 52.2 Å². The smallest absolute Gasteiger partial charge is 0.323 e. The molecular weight excluding hydrogens is 323 g/mol. The van der Waals surface area contributed by atoms with Crippen molar-refractivity contribution in [2.75, 3.05) is 10.6 Å². The number of phenols is 1. The Morgan fingerprint density at radius 3 is 2.30 bits per heavy atom. The van der Waals surface area contributed by atoms with E-state index in [2.05, 4.69) is 10.6 Å². The van der Waals surface area contributed by atoms with E-state index in [1.54, 1.807) is 12.1 Å². The summed E-state index contributed by atoms with van der Waals surface area (Å²) >= 11 is 17.5. The predicted octanol–water partition coefficient (Wildman–Crippen LogP) is 5.00. The van der Waals surface area contributed by atoms with Crippen LogP contribution in [0.2, 0.25) is 15.1 Å². The topological polar surface area (TPSA) is 61.4 Å². The Bertz CT molecular complexity index is 662. The van der Waals surface area contributed by atoms with Crippen LogP contribution in [0.15, 0.2) is 36.4 Å². The second-order valence-corrected chi connectivity index (χ2v) is 5.09. The molecule has 0 heterocycles. The van der Waals surface area contributed by atoms with Gasteiger partial charge in [0, 0.05) is 11.8 Å². The van der Waals surface area contributed by atoms with E-state index >= 15 is 0 Å². The molecule has 0 aliphatic carbocycles. The van der Waals surface area contributed by atoms with Crippen LogP contribution >= 0.6 is 34.8 Å². The Balaban J connectivity index is 2.07. The van der Waals surface area contributed by atoms with Crippen molar-refractivity contribution in [3.05, 3.63) is 51.5 Å². The van der Waals surface area contributed by atoms with Gasteiger partial charge in [-0.15, -0.1) is 0 Å². The monoisotopic (exact) mass is 330 g/mol. The zero-order valence-electron chi connectivity index (χ0n) is 9.95. The van der Waals surface area contributed by atoms with E-state index in [4.69, 9.17) is 34.8 Å². The molecule has 0 aromatic heterocycles. The number of halogens is 3. The number of amides is 2. The Kier molecular flexibility index (Phi) is 4.60. The molecule has 2 aromatic carbocycles. The number of benzene rings is 2. The van der Waals surface area contributed by atoms with Gasteiger partial charge in [-0.3, -0.25) is 0 Å². The largest absolute Gasteiger partial charge is 0.508 e. The van der Waals surface area contributed by atoms with Gasteiger partial charge in [-0.25, -0.2) is 4.79 Å². The van der Waals surface area contributed by atoms with Crippen molar-refractivity contribution < 1.29 is 9.90 Å². The van der Waals surface area contributed by atoms with Gasteiger partial charge in [0.05, 0.1) is 20.8 Å². The summed E-state index contributed by atoms with van der Waals surface area (Å²) in [5.74, 6) is 0.0189. The maximum absolute atomic E-state index is 11.8. The first-order valence-electron chi connectivity index (χ1n) is 5.47. The number of anilines is 2. The molecule has 0 unspecified atom stereocenters. The minimum absolute atomic E-state index is 0.0189. The molecule has 20 heavy (non-hydrogen) atoms. The molecule has 0 atom stereocenters. The number of phenolic OH excluding ortho intramolecular Hbond substituents is 1. The molecule has 7 heteroatoms. The summed E-state index contributed by atoms with van der Waals surface area (Å²) in [4.78, 5) is 11.8. The van der Waals surface area contributed by atoms with Gasteiger partial charge >= 0.3 is 6.03 Å². The summed E-state index contributed by atoms with van der Waals surface area (Å²) in [5.41, 5.74) is 0.869. The lowest BCUT2D eigenvalue weighted by Gasteiger charge is -2.09. The van der Waals surface area contributed by atoms with Gasteiger partial charge in [0.15, 0.2) is 0 Å². The second kappa shape index (κ2) is 6.22. The predicted molar refractivity (Wildman–Crippen MR) is 82.2 cm³/mol. The van der Waals surface area contributed by atoms with E-state index in [0.29, 0.717) is 21.4 Å². The summed E-state index contributed by atoms with van der Waals surface area (Å²) in [6.45, 7) is 0. The normalized spacial score (nSPS) is 10.2. The van der Waals surface area contributed by atoms with E-state index < -0.39 is 6.03 Å². The quantitative estimate of drug-likeness (QED) is 0.678. The molecule has 4 nitrogen and oxygen atoms in total. The molecule has 104 valence electrons. The second-order valence-electron chi connectivity index (χ2n) is 3.87. The van der Waals surface area contributed by atoms with Crippen LogP contribution in [0.25, 0.3) is 0 Å². The molecule has 0 aliphatic rings. The molecule has 3 N–H and O–H groups in total. The maximum atomic E-state index is 11.8. The fourth-order valence-corrected chi connectivity index (χ4v) is 1.98. The van der Waals surface area contributed by atoms with Crippen LogP contribution in [0.1, 0.15) is 0 Å². The van der Waals surface area contributed by atoms with E-state index in [9.17, 15) is 9.90 Å². The van der Waals surface area contributed by atoms with E-state index in [0.717, 1.165) is 0 Å². The maximum Gasteiger partial charge on any atom is 0.323 e. The highest BCUT2D eigenvalue weighted by Crippen LogP contribution is 2.27. The van der Waals surface area contributed by atoms with Gasteiger partial charge in [0.2, 0.25) is 0 Å². The number of hydrogen-bond acceptors (Lipinski definition) is 2. The van der Waals surface area contributed by atoms with Crippen LogP contribution in [-0.4, -0.2) is 11.1 Å². The molecule has 2 aromatic rings. The van der Waals surface area contributed by atoms with Crippen molar-refractivity contribution in [2.24, 2.45) is 0 Å². The molecule has 0 saturated carbocycles. The average Bonchev–Trinajstić information content (AvgIpc) is 2.37. The number of rotatable bonds is 2. The van der Waals surface area contributed by atoms with E-state index in [1.807, 2.05) is 0 Å². The molecule has 2 rings (SSSR count). The lowest BCUT2D eigenvalue weighted by atomic mass is 10.3. The molecule has 0 aliphatic heterocycles. The highest BCUT2D eigenvalue weighted by Gasteiger charge is 2.07. The lowest BCUT2D eigenvalue weighted by molar-refractivity contribution is 0.262. The third kappa shape index (κ3) is 3.70. The number of hydrogen-bond donors (Lipinski definition) is 3. The van der Waals surface area contributed by atoms with Crippen LogP contribution in [0.4, 0.5) is 16.2 Å². The summed E-state index contributed by atoms with van der Waals surface area (Å²) in [6.07, 6.45) is 0. The number of nitrogens with one attached hydrogen (secondary N) is 2. The standard InChI is InChI=1S/C13H9Cl3N2O2/c14-9-3-1-7(5-10(9)15)17-13(20)18-12-4-2-8(19)6-11(12)16/h1-6,19H,(H2,17,18,20). The Labute approximate surface area is 130 Å². The van der Waals surface area contributed by atoms with Crippen LogP contribution in [0, 0.1) is 0 Å². The Hall–Kier alpha value is -1.62. The highest BCUT2D eigenvalue weighted by atomic mass is 35.5. The van der Waals surface area contributed by atoms with Crippen molar-refractivity contribution in [1.82, 2.24) is 0 Å². The van der Waals surface area contributed by atoms with Crippen LogP contribution in [0.3, 0.4) is 0 Å². The minimum atomic E-state index is -0.490. The van der Waals surface area contributed by atoms with Crippen molar-refractivity contribution in [3.63, 3.8) is 0 Å². The summed E-state index contributed by atoms with van der Waals surface area (Å²) < 4.78 is 0. The molecule has 0 bridgehead atoms. The molecule has 0 fully saturated rings. The van der Waals surface area contributed by atoms with Gasteiger partial charge in [-0.05, 0) is 30.3 Å². The number of carbonyl (C=O) groups excluding carboxylic acids is 1. The number of carbonyl (C=O) groups is 1. The Morgan fingerprint density at radius 2 is 1.65 bits per heavy atom. The third-order valence-corrected chi connectivity index (χ3v) is 3.43. The third-order valence-electron chi connectivity index (χ3n) is 2.38. The molecule has 0 saturated heterocycles. The van der Waals surface area contributed by atoms with Crippen LogP contribution in [-0.2, 0) is 0 Å².